The Morgan fingerprint density at radius 2 is 1.79 bits per heavy atom. The highest BCUT2D eigenvalue weighted by Gasteiger charge is 2.32. The summed E-state index contributed by atoms with van der Waals surface area (Å²) in [5, 5.41) is 9.93. The molecule has 2 aliphatic rings. The van der Waals surface area contributed by atoms with Gasteiger partial charge in [0.1, 0.15) is 0 Å². The van der Waals surface area contributed by atoms with Gasteiger partial charge in [-0.05, 0) is 31.7 Å². The zero-order chi connectivity index (χ0) is 23.9. The van der Waals surface area contributed by atoms with Crippen molar-refractivity contribution in [3.05, 3.63) is 53.9 Å². The number of sulfone groups is 1. The van der Waals surface area contributed by atoms with Crippen molar-refractivity contribution in [3.8, 4) is 0 Å². The Labute approximate surface area is 200 Å². The number of anilines is 2. The average Bonchev–Trinajstić information content (AvgIpc) is 3.32. The van der Waals surface area contributed by atoms with E-state index >= 15 is 0 Å². The van der Waals surface area contributed by atoms with Gasteiger partial charge in [0.05, 0.1) is 41.2 Å². The van der Waals surface area contributed by atoms with Crippen LogP contribution in [-0.2, 0) is 14.6 Å². The number of carbonyl (C=O) groups excluding carboxylic acids is 1. The van der Waals surface area contributed by atoms with Crippen LogP contribution in [0.5, 0.6) is 0 Å². The molecule has 1 unspecified atom stereocenters. The van der Waals surface area contributed by atoms with Crippen molar-refractivity contribution in [2.45, 2.75) is 26.3 Å². The lowest BCUT2D eigenvalue weighted by molar-refractivity contribution is -0.117. The Morgan fingerprint density at radius 3 is 2.53 bits per heavy atom. The number of piperazine rings is 1. The fourth-order valence-corrected chi connectivity index (χ4v) is 6.98. The number of nitrogens with one attached hydrogen (secondary N) is 1. The van der Waals surface area contributed by atoms with Crippen LogP contribution in [0.15, 0.2) is 42.5 Å². The number of amides is 1. The molecule has 0 spiro atoms. The molecule has 0 radical (unpaired) electrons. The maximum Gasteiger partial charge on any atom is 0.238 e. The smallest absolute Gasteiger partial charge is 0.238 e. The summed E-state index contributed by atoms with van der Waals surface area (Å²) in [6.45, 7) is 7.55. The zero-order valence-electron chi connectivity index (χ0n) is 19.7. The summed E-state index contributed by atoms with van der Waals surface area (Å²) in [6.07, 6.45) is 0.628. The molecule has 9 heteroatoms. The second-order valence-corrected chi connectivity index (χ2v) is 11.6. The van der Waals surface area contributed by atoms with Gasteiger partial charge in [-0.1, -0.05) is 36.4 Å². The van der Waals surface area contributed by atoms with E-state index in [1.807, 2.05) is 61.0 Å². The molecule has 2 aromatic carbocycles. The third kappa shape index (κ3) is 4.54. The number of benzene rings is 2. The quantitative estimate of drug-likeness (QED) is 0.603. The fourth-order valence-electron chi connectivity index (χ4n) is 5.29. The average molecular weight is 482 g/mol. The second kappa shape index (κ2) is 9.03. The van der Waals surface area contributed by atoms with Crippen molar-refractivity contribution in [3.63, 3.8) is 0 Å². The Hall–Kier alpha value is -2.91. The van der Waals surface area contributed by atoms with Crippen molar-refractivity contribution in [1.29, 1.82) is 0 Å². The van der Waals surface area contributed by atoms with Gasteiger partial charge in [0, 0.05) is 37.3 Å². The summed E-state index contributed by atoms with van der Waals surface area (Å²) in [7, 11) is -2.96. The summed E-state index contributed by atoms with van der Waals surface area (Å²) in [6, 6.07) is 13.9. The highest BCUT2D eigenvalue weighted by atomic mass is 32.2. The summed E-state index contributed by atoms with van der Waals surface area (Å²) in [4.78, 5) is 17.3. The normalized spacial score (nSPS) is 20.6. The van der Waals surface area contributed by atoms with Crippen LogP contribution in [0.2, 0.25) is 0 Å². The fraction of sp³-hybridized carbons (Fsp3) is 0.440. The van der Waals surface area contributed by atoms with Crippen LogP contribution in [0.25, 0.3) is 10.8 Å². The first-order valence-corrected chi connectivity index (χ1v) is 13.6. The molecule has 0 saturated carbocycles. The third-order valence-electron chi connectivity index (χ3n) is 6.96. The predicted molar refractivity (Wildman–Crippen MR) is 135 cm³/mol. The molecule has 5 rings (SSSR count). The van der Waals surface area contributed by atoms with E-state index in [2.05, 4.69) is 15.1 Å². The Morgan fingerprint density at radius 1 is 1.06 bits per heavy atom. The van der Waals surface area contributed by atoms with Crippen LogP contribution in [0.4, 0.5) is 11.4 Å². The number of hydrogen-bond acceptors (Lipinski definition) is 6. The zero-order valence-corrected chi connectivity index (χ0v) is 20.5. The topological polar surface area (TPSA) is 87.5 Å². The van der Waals surface area contributed by atoms with Crippen LogP contribution in [0, 0.1) is 13.8 Å². The van der Waals surface area contributed by atoms with E-state index in [0.717, 1.165) is 59.7 Å². The van der Waals surface area contributed by atoms with Crippen molar-refractivity contribution < 1.29 is 13.2 Å². The maximum atomic E-state index is 12.8. The summed E-state index contributed by atoms with van der Waals surface area (Å²) in [5.74, 6) is 0.409. The number of rotatable bonds is 5. The minimum Gasteiger partial charge on any atom is -0.366 e. The first-order valence-electron chi connectivity index (χ1n) is 11.8. The lowest BCUT2D eigenvalue weighted by Crippen LogP contribution is -2.49. The molecule has 3 heterocycles. The lowest BCUT2D eigenvalue weighted by Gasteiger charge is -2.36. The van der Waals surface area contributed by atoms with E-state index < -0.39 is 9.84 Å². The van der Waals surface area contributed by atoms with Gasteiger partial charge in [0.2, 0.25) is 5.91 Å². The molecule has 0 aliphatic carbocycles. The Kier molecular flexibility index (Phi) is 6.07. The van der Waals surface area contributed by atoms with Crippen LogP contribution >= 0.6 is 0 Å². The van der Waals surface area contributed by atoms with Gasteiger partial charge in [0.25, 0.3) is 0 Å². The Balaban J connectivity index is 1.20. The maximum absolute atomic E-state index is 12.8. The molecular weight excluding hydrogens is 450 g/mol. The molecule has 2 saturated heterocycles. The van der Waals surface area contributed by atoms with Gasteiger partial charge in [-0.2, -0.15) is 5.10 Å². The highest BCUT2D eigenvalue weighted by Crippen LogP contribution is 2.31. The van der Waals surface area contributed by atoms with Crippen molar-refractivity contribution >= 4 is 37.9 Å². The standard InChI is InChI=1S/C25H31N5O3S/c1-18-25(19(2)30(27-18)21-10-15-34(32,33)17-21)29-13-11-28(12-14-29)16-24(31)26-23-9-5-7-20-6-3-4-8-22(20)23/h3-9,21H,10-17H2,1-2H3,(H,26,31). The number of carbonyl (C=O) groups is 1. The molecule has 1 amide bonds. The summed E-state index contributed by atoms with van der Waals surface area (Å²) >= 11 is 0. The minimum atomic E-state index is -2.96. The number of aryl methyl sites for hydroxylation is 1. The molecule has 180 valence electrons. The molecule has 2 fully saturated rings. The molecule has 8 nitrogen and oxygen atoms in total. The number of hydrogen-bond donors (Lipinski definition) is 1. The van der Waals surface area contributed by atoms with Gasteiger partial charge < -0.3 is 10.2 Å². The molecule has 3 aromatic rings. The number of aromatic nitrogens is 2. The van der Waals surface area contributed by atoms with Gasteiger partial charge in [0.15, 0.2) is 9.84 Å². The molecule has 1 aromatic heterocycles. The first-order chi connectivity index (χ1) is 16.3. The first kappa shape index (κ1) is 22.9. The highest BCUT2D eigenvalue weighted by molar-refractivity contribution is 7.91. The largest absolute Gasteiger partial charge is 0.366 e. The van der Waals surface area contributed by atoms with Crippen LogP contribution in [0.1, 0.15) is 23.9 Å². The van der Waals surface area contributed by atoms with Crippen molar-refractivity contribution in [1.82, 2.24) is 14.7 Å². The molecular formula is C25H31N5O3S. The van der Waals surface area contributed by atoms with Crippen molar-refractivity contribution in [2.75, 3.05) is 54.4 Å². The molecule has 34 heavy (non-hydrogen) atoms. The van der Waals surface area contributed by atoms with E-state index in [1.165, 1.54) is 0 Å². The van der Waals surface area contributed by atoms with Crippen LogP contribution in [0.3, 0.4) is 0 Å². The monoisotopic (exact) mass is 481 g/mol. The molecule has 1 atom stereocenters. The van der Waals surface area contributed by atoms with Gasteiger partial charge >= 0.3 is 0 Å². The van der Waals surface area contributed by atoms with Crippen LogP contribution in [-0.4, -0.2) is 73.2 Å². The third-order valence-corrected chi connectivity index (χ3v) is 8.71. The van der Waals surface area contributed by atoms with E-state index in [0.29, 0.717) is 13.0 Å². The Bertz CT molecular complexity index is 1320. The van der Waals surface area contributed by atoms with Crippen molar-refractivity contribution in [2.24, 2.45) is 0 Å². The molecule has 2 aliphatic heterocycles. The number of nitrogens with zero attached hydrogens (tertiary/aromatic N) is 4. The SMILES string of the molecule is Cc1nn(C2CCS(=O)(=O)C2)c(C)c1N1CCN(CC(=O)Nc2cccc3ccccc23)CC1. The molecule has 0 bridgehead atoms. The predicted octanol–water partition coefficient (Wildman–Crippen LogP) is 2.77. The minimum absolute atomic E-state index is 0.00701. The number of fused-ring (bicyclic) bond motifs is 1. The van der Waals surface area contributed by atoms with E-state index in [4.69, 9.17) is 5.10 Å². The summed E-state index contributed by atoms with van der Waals surface area (Å²) in [5.41, 5.74) is 3.91. The lowest BCUT2D eigenvalue weighted by atomic mass is 10.1. The van der Waals surface area contributed by atoms with Gasteiger partial charge in [-0.15, -0.1) is 0 Å². The van der Waals surface area contributed by atoms with E-state index in [9.17, 15) is 13.2 Å². The van der Waals surface area contributed by atoms with E-state index in [1.54, 1.807) is 0 Å². The van der Waals surface area contributed by atoms with Gasteiger partial charge in [-0.3, -0.25) is 14.4 Å². The van der Waals surface area contributed by atoms with Gasteiger partial charge in [-0.25, -0.2) is 8.42 Å². The van der Waals surface area contributed by atoms with Crippen LogP contribution < -0.4 is 10.2 Å². The molecule has 1 N–H and O–H groups in total. The van der Waals surface area contributed by atoms with E-state index in [-0.39, 0.29) is 23.5 Å². The second-order valence-electron chi connectivity index (χ2n) is 9.36. The summed E-state index contributed by atoms with van der Waals surface area (Å²) < 4.78 is 25.8.